The molecule has 0 saturated carbocycles. The molecule has 0 fully saturated rings. The Balaban J connectivity index is 0. The van der Waals surface area contributed by atoms with Crippen LogP contribution >= 0.6 is 0 Å². The molecule has 88 valence electrons. The topological polar surface area (TPSA) is 40.5 Å². The van der Waals surface area contributed by atoms with Gasteiger partial charge in [0.05, 0.1) is 0 Å². The number of rotatable bonds is 3. The molecule has 0 heterocycles. The number of aliphatic hydroxyl groups excluding tert-OH is 2. The van der Waals surface area contributed by atoms with Crippen LogP contribution in [0.15, 0.2) is 0 Å². The molecule has 3 atom stereocenters. The first-order valence-electron chi connectivity index (χ1n) is 3.04. The summed E-state index contributed by atoms with van der Waals surface area (Å²) in [6.07, 6.45) is -15.8. The van der Waals surface area contributed by atoms with Gasteiger partial charge in [0, 0.05) is 0 Å². The van der Waals surface area contributed by atoms with E-state index in [1.807, 2.05) is 0 Å². The molecule has 0 aliphatic heterocycles. The summed E-state index contributed by atoms with van der Waals surface area (Å²) in [5.74, 6) is 0. The highest BCUT2D eigenvalue weighted by atomic mass is 19.3. The first-order valence-corrected chi connectivity index (χ1v) is 3.04. The predicted molar refractivity (Wildman–Crippen MR) is 31.1 cm³/mol. The number of hydrogen-bond acceptors (Lipinski definition) is 2. The Morgan fingerprint density at radius 1 is 0.571 bits per heavy atom. The van der Waals surface area contributed by atoms with Crippen molar-refractivity contribution in [3.8, 4) is 0 Å². The molecular weight excluding hydrogens is 225 g/mol. The second kappa shape index (κ2) is 7.80. The Kier molecular flexibility index (Phi) is 8.85. The standard InChI is InChI=1S/C3H4F4O.C2H3F3O/c4-1(2(5)6)3(7)8;3-1(4)2(5)6/h1-3,8H;1-2,6H. The Morgan fingerprint density at radius 2 is 0.857 bits per heavy atom. The van der Waals surface area contributed by atoms with Crippen LogP contribution in [-0.2, 0) is 0 Å². The van der Waals surface area contributed by atoms with E-state index in [4.69, 9.17) is 10.2 Å². The highest BCUT2D eigenvalue weighted by Crippen LogP contribution is 2.09. The van der Waals surface area contributed by atoms with Crippen molar-refractivity contribution >= 4 is 0 Å². The molecular formula is C5H7F7O2. The molecule has 0 radical (unpaired) electrons. The van der Waals surface area contributed by atoms with Crippen molar-refractivity contribution in [2.24, 2.45) is 0 Å². The zero-order chi connectivity index (χ0) is 11.9. The summed E-state index contributed by atoms with van der Waals surface area (Å²) in [5.41, 5.74) is 0. The van der Waals surface area contributed by atoms with Gasteiger partial charge in [-0.3, -0.25) is 0 Å². The monoisotopic (exact) mass is 232 g/mol. The largest absolute Gasteiger partial charge is 0.362 e. The van der Waals surface area contributed by atoms with Gasteiger partial charge in [-0.1, -0.05) is 0 Å². The van der Waals surface area contributed by atoms with Crippen molar-refractivity contribution in [1.29, 1.82) is 0 Å². The fourth-order valence-corrected chi connectivity index (χ4v) is 0.120. The molecule has 0 aromatic carbocycles. The van der Waals surface area contributed by atoms with E-state index in [0.29, 0.717) is 0 Å². The SMILES string of the molecule is OC(F)C(F)C(F)F.OC(F)C(F)F. The number of alkyl halides is 7. The summed E-state index contributed by atoms with van der Waals surface area (Å²) >= 11 is 0. The average Bonchev–Trinajstić information content (AvgIpc) is 2.03. The fourth-order valence-electron chi connectivity index (χ4n) is 0.120. The van der Waals surface area contributed by atoms with E-state index in [9.17, 15) is 30.7 Å². The van der Waals surface area contributed by atoms with E-state index < -0.39 is 31.7 Å². The van der Waals surface area contributed by atoms with Crippen LogP contribution in [-0.4, -0.2) is 42.0 Å². The normalized spacial score (nSPS) is 17.4. The Bertz CT molecular complexity index is 115. The molecule has 0 aliphatic rings. The molecule has 3 unspecified atom stereocenters. The second-order valence-corrected chi connectivity index (χ2v) is 1.86. The lowest BCUT2D eigenvalue weighted by molar-refractivity contribution is -0.0892. The fraction of sp³-hybridized carbons (Fsp3) is 1.00. The molecule has 0 rings (SSSR count). The van der Waals surface area contributed by atoms with Crippen molar-refractivity contribution in [2.75, 3.05) is 0 Å². The van der Waals surface area contributed by atoms with E-state index in [-0.39, 0.29) is 0 Å². The summed E-state index contributed by atoms with van der Waals surface area (Å²) in [7, 11) is 0. The highest BCUT2D eigenvalue weighted by molar-refractivity contribution is 4.58. The zero-order valence-electron chi connectivity index (χ0n) is 6.43. The van der Waals surface area contributed by atoms with Crippen LogP contribution in [0, 0.1) is 0 Å². The zero-order valence-corrected chi connectivity index (χ0v) is 6.43. The minimum Gasteiger partial charge on any atom is -0.362 e. The van der Waals surface area contributed by atoms with Crippen molar-refractivity contribution in [1.82, 2.24) is 0 Å². The van der Waals surface area contributed by atoms with Gasteiger partial charge in [-0.25, -0.2) is 30.7 Å². The van der Waals surface area contributed by atoms with Gasteiger partial charge in [-0.2, -0.15) is 0 Å². The van der Waals surface area contributed by atoms with Gasteiger partial charge in [-0.05, 0) is 0 Å². The van der Waals surface area contributed by atoms with E-state index in [1.165, 1.54) is 0 Å². The summed E-state index contributed by atoms with van der Waals surface area (Å²) in [6, 6.07) is 0. The summed E-state index contributed by atoms with van der Waals surface area (Å²) in [6.45, 7) is 0. The second-order valence-electron chi connectivity index (χ2n) is 1.86. The quantitative estimate of drug-likeness (QED) is 0.722. The summed E-state index contributed by atoms with van der Waals surface area (Å²) in [5, 5.41) is 14.7. The molecule has 0 amide bonds. The molecule has 0 bridgehead atoms. The smallest absolute Gasteiger partial charge is 0.293 e. The van der Waals surface area contributed by atoms with Gasteiger partial charge < -0.3 is 10.2 Å². The van der Waals surface area contributed by atoms with Crippen molar-refractivity contribution in [3.05, 3.63) is 0 Å². The van der Waals surface area contributed by atoms with Gasteiger partial charge in [0.1, 0.15) is 0 Å². The third-order valence-corrected chi connectivity index (χ3v) is 0.711. The summed E-state index contributed by atoms with van der Waals surface area (Å²) < 4.78 is 75.8. The van der Waals surface area contributed by atoms with Crippen LogP contribution in [0.25, 0.3) is 0 Å². The van der Waals surface area contributed by atoms with Gasteiger partial charge in [0.15, 0.2) is 0 Å². The van der Waals surface area contributed by atoms with Crippen LogP contribution < -0.4 is 0 Å². The van der Waals surface area contributed by atoms with Crippen LogP contribution in [0.4, 0.5) is 30.7 Å². The molecule has 0 spiro atoms. The third-order valence-electron chi connectivity index (χ3n) is 0.711. The minimum absolute atomic E-state index is 2.98. The lowest BCUT2D eigenvalue weighted by Crippen LogP contribution is -2.24. The van der Waals surface area contributed by atoms with Crippen molar-refractivity contribution in [2.45, 2.75) is 31.7 Å². The van der Waals surface area contributed by atoms with Gasteiger partial charge in [0.25, 0.3) is 19.2 Å². The molecule has 9 heteroatoms. The Hall–Kier alpha value is -0.570. The molecule has 0 aliphatic carbocycles. The van der Waals surface area contributed by atoms with E-state index in [1.54, 1.807) is 0 Å². The molecule has 2 nitrogen and oxygen atoms in total. The maximum Gasteiger partial charge on any atom is 0.293 e. The van der Waals surface area contributed by atoms with Crippen LogP contribution in [0.2, 0.25) is 0 Å². The molecule has 14 heavy (non-hydrogen) atoms. The van der Waals surface area contributed by atoms with Crippen molar-refractivity contribution < 1.29 is 40.9 Å². The third kappa shape index (κ3) is 9.52. The van der Waals surface area contributed by atoms with Gasteiger partial charge >= 0.3 is 0 Å². The molecule has 2 N–H and O–H groups in total. The van der Waals surface area contributed by atoms with Crippen LogP contribution in [0.1, 0.15) is 0 Å². The minimum atomic E-state index is -3.45. The van der Waals surface area contributed by atoms with E-state index in [0.717, 1.165) is 0 Å². The van der Waals surface area contributed by atoms with Crippen LogP contribution in [0.5, 0.6) is 0 Å². The van der Waals surface area contributed by atoms with Gasteiger partial charge in [0.2, 0.25) is 12.5 Å². The highest BCUT2D eigenvalue weighted by Gasteiger charge is 2.27. The van der Waals surface area contributed by atoms with Gasteiger partial charge in [-0.15, -0.1) is 0 Å². The first kappa shape index (κ1) is 15.9. The lowest BCUT2D eigenvalue weighted by atomic mass is 10.4. The Labute approximate surface area is 74.0 Å². The average molecular weight is 232 g/mol. The van der Waals surface area contributed by atoms with Crippen molar-refractivity contribution in [3.63, 3.8) is 0 Å². The molecule has 0 saturated heterocycles. The van der Waals surface area contributed by atoms with E-state index in [2.05, 4.69) is 0 Å². The number of halogens is 7. The molecule has 0 aromatic heterocycles. The maximum absolute atomic E-state index is 11.3. The lowest BCUT2D eigenvalue weighted by Gasteiger charge is -2.04. The Morgan fingerprint density at radius 3 is 0.857 bits per heavy atom. The van der Waals surface area contributed by atoms with E-state index >= 15 is 0 Å². The predicted octanol–water partition coefficient (Wildman–Crippen LogP) is 1.42. The number of aliphatic hydroxyl groups is 2. The van der Waals surface area contributed by atoms with Crippen LogP contribution in [0.3, 0.4) is 0 Å². The first-order chi connectivity index (χ1) is 6.20. The molecule has 0 aromatic rings. The maximum atomic E-state index is 11.3. The number of hydrogen-bond donors (Lipinski definition) is 2. The summed E-state index contributed by atoms with van der Waals surface area (Å²) in [4.78, 5) is 0.